The van der Waals surface area contributed by atoms with Gasteiger partial charge in [0.15, 0.2) is 0 Å². The molecule has 116 valence electrons. The standard InChI is InChI=1S/C19H29NO/c1-13(2)20-18-14(3)11-16(15-9-7-6-8-10-15)12-17(18)19(4,5)21-20/h6-10,13-14,16-18H,11-12H2,1-5H3. The van der Waals surface area contributed by atoms with Gasteiger partial charge in [-0.05, 0) is 57.9 Å². The highest BCUT2D eigenvalue weighted by molar-refractivity contribution is 5.21. The van der Waals surface area contributed by atoms with Crippen molar-refractivity contribution in [2.45, 2.75) is 71.1 Å². The second-order valence-electron chi connectivity index (χ2n) is 7.80. The second kappa shape index (κ2) is 5.40. The third kappa shape index (κ3) is 2.64. The lowest BCUT2D eigenvalue weighted by atomic mass is 9.66. The maximum Gasteiger partial charge on any atom is 0.0888 e. The lowest BCUT2D eigenvalue weighted by molar-refractivity contribution is -0.215. The highest BCUT2D eigenvalue weighted by Gasteiger charge is 2.54. The molecule has 2 nitrogen and oxygen atoms in total. The molecule has 21 heavy (non-hydrogen) atoms. The average molecular weight is 287 g/mol. The van der Waals surface area contributed by atoms with E-state index in [4.69, 9.17) is 4.84 Å². The van der Waals surface area contributed by atoms with E-state index < -0.39 is 0 Å². The fourth-order valence-corrected chi connectivity index (χ4v) is 4.50. The zero-order valence-electron chi connectivity index (χ0n) is 14.0. The van der Waals surface area contributed by atoms with Gasteiger partial charge in [-0.3, -0.25) is 4.84 Å². The molecule has 2 aliphatic rings. The van der Waals surface area contributed by atoms with Crippen LogP contribution in [0.1, 0.15) is 58.9 Å². The van der Waals surface area contributed by atoms with E-state index in [0.717, 1.165) is 0 Å². The monoisotopic (exact) mass is 287 g/mol. The molecular weight excluding hydrogens is 258 g/mol. The summed E-state index contributed by atoms with van der Waals surface area (Å²) in [6, 6.07) is 12.1. The minimum atomic E-state index is -0.0450. The van der Waals surface area contributed by atoms with E-state index >= 15 is 0 Å². The Bertz CT molecular complexity index is 482. The van der Waals surface area contributed by atoms with Gasteiger partial charge in [-0.2, -0.15) is 5.06 Å². The van der Waals surface area contributed by atoms with Gasteiger partial charge in [0.2, 0.25) is 0 Å². The fourth-order valence-electron chi connectivity index (χ4n) is 4.50. The van der Waals surface area contributed by atoms with Crippen molar-refractivity contribution in [3.05, 3.63) is 35.9 Å². The van der Waals surface area contributed by atoms with Crippen molar-refractivity contribution in [3.63, 3.8) is 0 Å². The quantitative estimate of drug-likeness (QED) is 0.787. The molecule has 2 heteroatoms. The Labute approximate surface area is 129 Å². The SMILES string of the molecule is CC1CC(c2ccccc2)CC2C1N(C(C)C)OC2(C)C. The van der Waals surface area contributed by atoms with Crippen LogP contribution in [-0.4, -0.2) is 22.7 Å². The largest absolute Gasteiger partial charge is 0.292 e. The van der Waals surface area contributed by atoms with Crippen LogP contribution in [0.2, 0.25) is 0 Å². The normalized spacial score (nSPS) is 35.9. The van der Waals surface area contributed by atoms with Crippen LogP contribution >= 0.6 is 0 Å². The van der Waals surface area contributed by atoms with Crippen LogP contribution in [0.15, 0.2) is 30.3 Å². The van der Waals surface area contributed by atoms with E-state index in [0.29, 0.717) is 29.8 Å². The van der Waals surface area contributed by atoms with Crippen LogP contribution in [0.5, 0.6) is 0 Å². The van der Waals surface area contributed by atoms with Gasteiger partial charge < -0.3 is 0 Å². The summed E-state index contributed by atoms with van der Waals surface area (Å²) in [5, 5.41) is 2.29. The zero-order valence-corrected chi connectivity index (χ0v) is 14.0. The summed E-state index contributed by atoms with van der Waals surface area (Å²) in [5.41, 5.74) is 1.46. The summed E-state index contributed by atoms with van der Waals surface area (Å²) in [5.74, 6) is 1.98. The number of hydroxylamine groups is 2. The van der Waals surface area contributed by atoms with Gasteiger partial charge in [0.25, 0.3) is 0 Å². The summed E-state index contributed by atoms with van der Waals surface area (Å²) < 4.78 is 0. The molecule has 1 aliphatic heterocycles. The molecule has 1 saturated heterocycles. The lowest BCUT2D eigenvalue weighted by Gasteiger charge is -2.41. The van der Waals surface area contributed by atoms with E-state index in [1.54, 1.807) is 0 Å². The third-order valence-electron chi connectivity index (χ3n) is 5.50. The van der Waals surface area contributed by atoms with Crippen molar-refractivity contribution in [2.24, 2.45) is 11.8 Å². The summed E-state index contributed by atoms with van der Waals surface area (Å²) in [4.78, 5) is 6.35. The van der Waals surface area contributed by atoms with E-state index in [1.807, 2.05) is 0 Å². The van der Waals surface area contributed by atoms with Gasteiger partial charge in [0.1, 0.15) is 0 Å². The van der Waals surface area contributed by atoms with Crippen LogP contribution in [0.25, 0.3) is 0 Å². The zero-order chi connectivity index (χ0) is 15.2. The lowest BCUT2D eigenvalue weighted by Crippen LogP contribution is -2.45. The maximum atomic E-state index is 6.35. The van der Waals surface area contributed by atoms with E-state index in [9.17, 15) is 0 Å². The van der Waals surface area contributed by atoms with Gasteiger partial charge in [-0.25, -0.2) is 0 Å². The van der Waals surface area contributed by atoms with Crippen molar-refractivity contribution in [1.82, 2.24) is 5.06 Å². The maximum absolute atomic E-state index is 6.35. The van der Waals surface area contributed by atoms with Crippen molar-refractivity contribution >= 4 is 0 Å². The molecule has 0 amide bonds. The Morgan fingerprint density at radius 2 is 1.81 bits per heavy atom. The Hall–Kier alpha value is -0.860. The first-order chi connectivity index (χ1) is 9.90. The first kappa shape index (κ1) is 15.1. The predicted molar refractivity (Wildman–Crippen MR) is 87.0 cm³/mol. The first-order valence-corrected chi connectivity index (χ1v) is 8.42. The Kier molecular flexibility index (Phi) is 3.87. The van der Waals surface area contributed by atoms with Crippen molar-refractivity contribution in [3.8, 4) is 0 Å². The highest BCUT2D eigenvalue weighted by atomic mass is 16.7. The molecule has 1 aliphatic carbocycles. The van der Waals surface area contributed by atoms with Crippen LogP contribution in [0.3, 0.4) is 0 Å². The van der Waals surface area contributed by atoms with Crippen LogP contribution in [0, 0.1) is 11.8 Å². The number of rotatable bonds is 2. The van der Waals surface area contributed by atoms with E-state index in [-0.39, 0.29) is 5.60 Å². The number of nitrogens with zero attached hydrogens (tertiary/aromatic N) is 1. The molecule has 4 unspecified atom stereocenters. The number of benzene rings is 1. The molecule has 1 aromatic carbocycles. The van der Waals surface area contributed by atoms with Gasteiger partial charge in [0.05, 0.1) is 5.60 Å². The summed E-state index contributed by atoms with van der Waals surface area (Å²) in [6.45, 7) is 11.4. The summed E-state index contributed by atoms with van der Waals surface area (Å²) >= 11 is 0. The van der Waals surface area contributed by atoms with E-state index in [1.165, 1.54) is 18.4 Å². The molecule has 4 atom stereocenters. The Morgan fingerprint density at radius 1 is 1.14 bits per heavy atom. The van der Waals surface area contributed by atoms with Gasteiger partial charge >= 0.3 is 0 Å². The number of fused-ring (bicyclic) bond motifs is 1. The predicted octanol–water partition coefficient (Wildman–Crippen LogP) is 4.62. The first-order valence-electron chi connectivity index (χ1n) is 8.42. The molecule has 1 saturated carbocycles. The smallest absolute Gasteiger partial charge is 0.0888 e. The van der Waals surface area contributed by atoms with Crippen LogP contribution < -0.4 is 0 Å². The molecular formula is C19H29NO. The molecule has 0 N–H and O–H groups in total. The van der Waals surface area contributed by atoms with Crippen molar-refractivity contribution in [1.29, 1.82) is 0 Å². The molecule has 1 aromatic rings. The summed E-state index contributed by atoms with van der Waals surface area (Å²) in [7, 11) is 0. The fraction of sp³-hybridized carbons (Fsp3) is 0.684. The molecule has 0 spiro atoms. The third-order valence-corrected chi connectivity index (χ3v) is 5.50. The average Bonchev–Trinajstić information content (AvgIpc) is 2.72. The van der Waals surface area contributed by atoms with Gasteiger partial charge in [0, 0.05) is 18.0 Å². The minimum Gasteiger partial charge on any atom is -0.292 e. The molecule has 0 aromatic heterocycles. The van der Waals surface area contributed by atoms with Gasteiger partial charge in [-0.1, -0.05) is 37.3 Å². The molecule has 3 rings (SSSR count). The minimum absolute atomic E-state index is 0.0450. The molecule has 2 fully saturated rings. The Balaban J connectivity index is 1.87. The molecule has 0 bridgehead atoms. The van der Waals surface area contributed by atoms with Crippen LogP contribution in [-0.2, 0) is 4.84 Å². The molecule has 1 heterocycles. The number of hydrogen-bond donors (Lipinski definition) is 0. The number of hydrogen-bond acceptors (Lipinski definition) is 2. The van der Waals surface area contributed by atoms with Crippen LogP contribution in [0.4, 0.5) is 0 Å². The summed E-state index contributed by atoms with van der Waals surface area (Å²) in [6.07, 6.45) is 2.52. The van der Waals surface area contributed by atoms with E-state index in [2.05, 4.69) is 70.0 Å². The highest BCUT2D eigenvalue weighted by Crippen LogP contribution is 2.51. The topological polar surface area (TPSA) is 12.5 Å². The van der Waals surface area contributed by atoms with Crippen molar-refractivity contribution < 1.29 is 4.84 Å². The Morgan fingerprint density at radius 3 is 2.43 bits per heavy atom. The molecule has 0 radical (unpaired) electrons. The van der Waals surface area contributed by atoms with Crippen molar-refractivity contribution in [2.75, 3.05) is 0 Å². The van der Waals surface area contributed by atoms with Gasteiger partial charge in [-0.15, -0.1) is 0 Å². The second-order valence-corrected chi connectivity index (χ2v) is 7.80.